The summed E-state index contributed by atoms with van der Waals surface area (Å²) in [4.78, 5) is 24.7. The minimum absolute atomic E-state index is 0.479. The van der Waals surface area contributed by atoms with E-state index in [1.54, 1.807) is 18.6 Å². The number of hydrogen-bond donors (Lipinski definition) is 1. The topological polar surface area (TPSA) is 77.0 Å². The van der Waals surface area contributed by atoms with Gasteiger partial charge in [0.2, 0.25) is 0 Å². The summed E-state index contributed by atoms with van der Waals surface area (Å²) in [7, 11) is 0. The SMILES string of the molecule is CC(C)(C)OC(=O)Nc1ccc(-c2ccnc(-c3ccncc3)n2)cc1. The van der Waals surface area contributed by atoms with Crippen LogP contribution in [-0.4, -0.2) is 26.6 Å². The third-order valence-corrected chi connectivity index (χ3v) is 3.42. The maximum Gasteiger partial charge on any atom is 0.412 e. The highest BCUT2D eigenvalue weighted by atomic mass is 16.6. The predicted octanol–water partition coefficient (Wildman–Crippen LogP) is 4.55. The standard InChI is InChI=1S/C20H20N4O2/c1-20(2,3)26-19(25)23-16-6-4-14(5-7-16)17-10-13-22-18(24-17)15-8-11-21-12-9-15/h4-13H,1-3H3,(H,23,25). The van der Waals surface area contributed by atoms with Gasteiger partial charge in [0.15, 0.2) is 5.82 Å². The van der Waals surface area contributed by atoms with E-state index in [-0.39, 0.29) is 0 Å². The molecule has 6 heteroatoms. The molecule has 0 saturated carbocycles. The summed E-state index contributed by atoms with van der Waals surface area (Å²) >= 11 is 0. The van der Waals surface area contributed by atoms with E-state index < -0.39 is 11.7 Å². The van der Waals surface area contributed by atoms with E-state index in [4.69, 9.17) is 4.74 Å². The van der Waals surface area contributed by atoms with Crippen LogP contribution in [0.15, 0.2) is 61.1 Å². The molecule has 3 aromatic rings. The van der Waals surface area contributed by atoms with Crippen molar-refractivity contribution in [1.82, 2.24) is 15.0 Å². The van der Waals surface area contributed by atoms with Crippen LogP contribution in [0.5, 0.6) is 0 Å². The number of nitrogens with zero attached hydrogens (tertiary/aromatic N) is 3. The summed E-state index contributed by atoms with van der Waals surface area (Å²) in [5.41, 5.74) is 2.76. The Kier molecular flexibility index (Phi) is 4.93. The number of carbonyl (C=O) groups excluding carboxylic acids is 1. The molecule has 26 heavy (non-hydrogen) atoms. The van der Waals surface area contributed by atoms with E-state index in [0.29, 0.717) is 11.5 Å². The normalized spacial score (nSPS) is 11.0. The van der Waals surface area contributed by atoms with Gasteiger partial charge in [-0.25, -0.2) is 14.8 Å². The third-order valence-electron chi connectivity index (χ3n) is 3.42. The number of ether oxygens (including phenoxy) is 1. The maximum atomic E-state index is 11.8. The number of aromatic nitrogens is 3. The molecule has 0 unspecified atom stereocenters. The molecule has 3 rings (SSSR count). The monoisotopic (exact) mass is 348 g/mol. The van der Waals surface area contributed by atoms with Crippen molar-refractivity contribution in [3.05, 3.63) is 61.1 Å². The van der Waals surface area contributed by atoms with Crippen LogP contribution in [0.3, 0.4) is 0 Å². The molecule has 0 fully saturated rings. The molecule has 132 valence electrons. The average Bonchev–Trinajstić information content (AvgIpc) is 2.61. The van der Waals surface area contributed by atoms with Crippen LogP contribution < -0.4 is 5.32 Å². The van der Waals surface area contributed by atoms with Gasteiger partial charge in [0.25, 0.3) is 0 Å². The molecule has 0 atom stereocenters. The number of carbonyl (C=O) groups is 1. The average molecular weight is 348 g/mol. The summed E-state index contributed by atoms with van der Waals surface area (Å²) in [5, 5.41) is 2.71. The first-order chi connectivity index (χ1) is 12.4. The number of anilines is 1. The fourth-order valence-electron chi connectivity index (χ4n) is 2.31. The van der Waals surface area contributed by atoms with Crippen molar-refractivity contribution < 1.29 is 9.53 Å². The van der Waals surface area contributed by atoms with Crippen molar-refractivity contribution in [2.24, 2.45) is 0 Å². The van der Waals surface area contributed by atoms with Gasteiger partial charge >= 0.3 is 6.09 Å². The van der Waals surface area contributed by atoms with Crippen LogP contribution in [0.25, 0.3) is 22.6 Å². The zero-order chi connectivity index (χ0) is 18.6. The minimum atomic E-state index is -0.533. The Morgan fingerprint density at radius 3 is 2.27 bits per heavy atom. The Labute approximate surface area is 152 Å². The summed E-state index contributed by atoms with van der Waals surface area (Å²) < 4.78 is 5.25. The lowest BCUT2D eigenvalue weighted by atomic mass is 10.1. The van der Waals surface area contributed by atoms with Gasteiger partial charge in [0.1, 0.15) is 5.60 Å². The largest absolute Gasteiger partial charge is 0.444 e. The number of benzene rings is 1. The van der Waals surface area contributed by atoms with Gasteiger partial charge in [-0.15, -0.1) is 0 Å². The van der Waals surface area contributed by atoms with Crippen LogP contribution in [0.2, 0.25) is 0 Å². The predicted molar refractivity (Wildman–Crippen MR) is 101 cm³/mol. The summed E-state index contributed by atoms with van der Waals surface area (Å²) in [6, 6.07) is 13.0. The Bertz CT molecular complexity index is 888. The van der Waals surface area contributed by atoms with Crippen LogP contribution in [0.1, 0.15) is 20.8 Å². The van der Waals surface area contributed by atoms with Crippen LogP contribution >= 0.6 is 0 Å². The highest BCUT2D eigenvalue weighted by Gasteiger charge is 2.16. The molecule has 0 radical (unpaired) electrons. The van der Waals surface area contributed by atoms with Crippen molar-refractivity contribution in [3.8, 4) is 22.6 Å². The van der Waals surface area contributed by atoms with Gasteiger partial charge in [-0.05, 0) is 51.1 Å². The molecule has 1 aromatic carbocycles. The lowest BCUT2D eigenvalue weighted by molar-refractivity contribution is 0.0636. The second kappa shape index (κ2) is 7.31. The molecule has 0 saturated heterocycles. The van der Waals surface area contributed by atoms with Crippen molar-refractivity contribution in [3.63, 3.8) is 0 Å². The van der Waals surface area contributed by atoms with E-state index in [9.17, 15) is 4.79 Å². The van der Waals surface area contributed by atoms with Gasteiger partial charge in [0.05, 0.1) is 5.69 Å². The van der Waals surface area contributed by atoms with E-state index in [2.05, 4.69) is 20.3 Å². The van der Waals surface area contributed by atoms with Gasteiger partial charge < -0.3 is 4.74 Å². The molecule has 0 aliphatic carbocycles. The smallest absolute Gasteiger partial charge is 0.412 e. The van der Waals surface area contributed by atoms with Crippen molar-refractivity contribution in [2.75, 3.05) is 5.32 Å². The fraction of sp³-hybridized carbons (Fsp3) is 0.200. The second-order valence-electron chi connectivity index (χ2n) is 6.71. The highest BCUT2D eigenvalue weighted by molar-refractivity contribution is 5.85. The molecule has 2 heterocycles. The van der Waals surface area contributed by atoms with Crippen LogP contribution in [-0.2, 0) is 4.74 Å². The minimum Gasteiger partial charge on any atom is -0.444 e. The zero-order valence-electron chi connectivity index (χ0n) is 14.9. The number of rotatable bonds is 3. The van der Waals surface area contributed by atoms with E-state index in [0.717, 1.165) is 16.8 Å². The summed E-state index contributed by atoms with van der Waals surface area (Å²) in [6.45, 7) is 5.47. The Balaban J connectivity index is 1.76. The molecule has 0 spiro atoms. The third kappa shape index (κ3) is 4.63. The molecule has 0 aliphatic rings. The molecule has 1 N–H and O–H groups in total. The van der Waals surface area contributed by atoms with Crippen molar-refractivity contribution in [1.29, 1.82) is 0 Å². The highest BCUT2D eigenvalue weighted by Crippen LogP contribution is 2.22. The quantitative estimate of drug-likeness (QED) is 0.751. The molecule has 2 aromatic heterocycles. The lowest BCUT2D eigenvalue weighted by Gasteiger charge is -2.19. The van der Waals surface area contributed by atoms with Crippen LogP contribution in [0.4, 0.5) is 10.5 Å². The first-order valence-corrected chi connectivity index (χ1v) is 8.25. The van der Waals surface area contributed by atoms with Crippen LogP contribution in [0, 0.1) is 0 Å². The van der Waals surface area contributed by atoms with Crippen molar-refractivity contribution >= 4 is 11.8 Å². The van der Waals surface area contributed by atoms with Crippen molar-refractivity contribution in [2.45, 2.75) is 26.4 Å². The molecule has 0 bridgehead atoms. The maximum absolute atomic E-state index is 11.8. The molecular weight excluding hydrogens is 328 g/mol. The summed E-state index contributed by atoms with van der Waals surface area (Å²) in [5.74, 6) is 0.640. The Morgan fingerprint density at radius 2 is 1.62 bits per heavy atom. The van der Waals surface area contributed by atoms with Gasteiger partial charge in [-0.2, -0.15) is 0 Å². The lowest BCUT2D eigenvalue weighted by Crippen LogP contribution is -2.27. The molecule has 0 aliphatic heterocycles. The van der Waals surface area contributed by atoms with Gasteiger partial charge in [-0.3, -0.25) is 10.3 Å². The van der Waals surface area contributed by atoms with E-state index >= 15 is 0 Å². The number of hydrogen-bond acceptors (Lipinski definition) is 5. The molecule has 1 amide bonds. The van der Waals surface area contributed by atoms with Gasteiger partial charge in [-0.1, -0.05) is 12.1 Å². The fourth-order valence-corrected chi connectivity index (χ4v) is 2.31. The number of amides is 1. The first-order valence-electron chi connectivity index (χ1n) is 8.25. The Morgan fingerprint density at radius 1 is 0.923 bits per heavy atom. The van der Waals surface area contributed by atoms with E-state index in [1.165, 1.54) is 0 Å². The number of nitrogens with one attached hydrogen (secondary N) is 1. The molecular formula is C20H20N4O2. The van der Waals surface area contributed by atoms with Gasteiger partial charge in [0, 0.05) is 35.4 Å². The Hall–Kier alpha value is -3.28. The molecule has 6 nitrogen and oxygen atoms in total. The van der Waals surface area contributed by atoms with E-state index in [1.807, 2.05) is 63.2 Å². The summed E-state index contributed by atoms with van der Waals surface area (Å²) in [6.07, 6.45) is 4.67. The second-order valence-corrected chi connectivity index (χ2v) is 6.71. The first kappa shape index (κ1) is 17.5. The number of pyridine rings is 1. The zero-order valence-corrected chi connectivity index (χ0v) is 14.9.